The van der Waals surface area contributed by atoms with Crippen LogP contribution in [0.25, 0.3) is 0 Å². The minimum Gasteiger partial charge on any atom is -0.126 e. The van der Waals surface area contributed by atoms with Gasteiger partial charge in [0.25, 0.3) is 0 Å². The van der Waals surface area contributed by atoms with E-state index >= 15 is 0 Å². The largest absolute Gasteiger partial charge is 0.126 e. The van der Waals surface area contributed by atoms with Crippen LogP contribution in [0.3, 0.4) is 0 Å². The van der Waals surface area contributed by atoms with Crippen LogP contribution in [0.4, 0.5) is 0 Å². The zero-order valence-corrected chi connectivity index (χ0v) is 9.39. The lowest BCUT2D eigenvalue weighted by atomic mass is 10.1. The molecule has 0 rings (SSSR count). The first kappa shape index (κ1) is 12.8. The van der Waals surface area contributed by atoms with Crippen LogP contribution in [0.15, 0.2) is 24.3 Å². The summed E-state index contributed by atoms with van der Waals surface area (Å²) < 4.78 is 0. The molecular weight excluding hydrogens is 180 g/mol. The second-order valence-electron chi connectivity index (χ2n) is 3.18. The summed E-state index contributed by atoms with van der Waals surface area (Å²) in [6.45, 7) is 2.24. The Labute approximate surface area is 87.7 Å². The summed E-state index contributed by atoms with van der Waals surface area (Å²) in [5.41, 5.74) is 0. The molecule has 13 heavy (non-hydrogen) atoms. The molecule has 0 amide bonds. The van der Waals surface area contributed by atoms with Crippen LogP contribution in [0, 0.1) is 0 Å². The van der Waals surface area contributed by atoms with Gasteiger partial charge in [-0.1, -0.05) is 50.5 Å². The van der Waals surface area contributed by atoms with Crippen molar-refractivity contribution < 1.29 is 0 Å². The summed E-state index contributed by atoms with van der Waals surface area (Å²) in [5.74, 6) is 0.723. The Morgan fingerprint density at radius 3 is 2.23 bits per heavy atom. The molecule has 0 aromatic carbocycles. The number of alkyl halides is 1. The van der Waals surface area contributed by atoms with Crippen molar-refractivity contribution in [2.75, 3.05) is 5.88 Å². The number of allylic oxidation sites excluding steroid dienone is 4. The van der Waals surface area contributed by atoms with E-state index in [0.717, 1.165) is 12.3 Å². The van der Waals surface area contributed by atoms with Gasteiger partial charge >= 0.3 is 0 Å². The third-order valence-corrected chi connectivity index (χ3v) is 2.10. The van der Waals surface area contributed by atoms with Crippen LogP contribution in [0.1, 0.15) is 45.4 Å². The van der Waals surface area contributed by atoms with Crippen molar-refractivity contribution in [2.45, 2.75) is 45.4 Å². The summed E-state index contributed by atoms with van der Waals surface area (Å²) in [6.07, 6.45) is 16.1. The molecule has 0 aliphatic heterocycles. The van der Waals surface area contributed by atoms with E-state index in [1.54, 1.807) is 0 Å². The second-order valence-corrected chi connectivity index (χ2v) is 3.56. The van der Waals surface area contributed by atoms with E-state index in [0.29, 0.717) is 0 Å². The van der Waals surface area contributed by atoms with Crippen LogP contribution in [0.2, 0.25) is 0 Å². The fraction of sp³-hybridized carbons (Fsp3) is 0.667. The molecule has 0 aromatic rings. The first-order valence-corrected chi connectivity index (χ1v) is 5.83. The van der Waals surface area contributed by atoms with Crippen LogP contribution in [0.5, 0.6) is 0 Å². The summed E-state index contributed by atoms with van der Waals surface area (Å²) in [7, 11) is 0. The van der Waals surface area contributed by atoms with Crippen molar-refractivity contribution in [3.63, 3.8) is 0 Å². The molecule has 0 spiro atoms. The number of unbranched alkanes of at least 4 members (excludes halogenated alkanes) is 4. The van der Waals surface area contributed by atoms with E-state index in [9.17, 15) is 0 Å². The number of rotatable bonds is 8. The maximum atomic E-state index is 5.52. The topological polar surface area (TPSA) is 0 Å². The van der Waals surface area contributed by atoms with Crippen LogP contribution >= 0.6 is 11.6 Å². The SMILES string of the molecule is CCCCCCC=CC=CCCCl. The molecule has 0 radical (unpaired) electrons. The standard InChI is InChI=1S/C12H21Cl/c1-2-3-4-5-6-7-8-9-10-11-12-13/h7-10H,2-6,11-12H2,1H3. The molecule has 76 valence electrons. The average Bonchev–Trinajstić information content (AvgIpc) is 2.16. The van der Waals surface area contributed by atoms with Crippen LogP contribution in [-0.4, -0.2) is 5.88 Å². The predicted molar refractivity (Wildman–Crippen MR) is 62.4 cm³/mol. The molecule has 0 heterocycles. The minimum atomic E-state index is 0.723. The van der Waals surface area contributed by atoms with Gasteiger partial charge in [-0.15, -0.1) is 11.6 Å². The lowest BCUT2D eigenvalue weighted by Crippen LogP contribution is -1.73. The Morgan fingerprint density at radius 1 is 0.923 bits per heavy atom. The van der Waals surface area contributed by atoms with Gasteiger partial charge in [0.2, 0.25) is 0 Å². The summed E-state index contributed by atoms with van der Waals surface area (Å²) in [4.78, 5) is 0. The first-order valence-electron chi connectivity index (χ1n) is 5.29. The van der Waals surface area contributed by atoms with Gasteiger partial charge < -0.3 is 0 Å². The summed E-state index contributed by atoms with van der Waals surface area (Å²) >= 11 is 5.52. The highest BCUT2D eigenvalue weighted by Crippen LogP contribution is 2.02. The molecule has 0 saturated heterocycles. The van der Waals surface area contributed by atoms with E-state index in [1.807, 2.05) is 0 Å². The van der Waals surface area contributed by atoms with Gasteiger partial charge in [0, 0.05) is 5.88 Å². The molecule has 0 aliphatic rings. The Morgan fingerprint density at radius 2 is 1.62 bits per heavy atom. The lowest BCUT2D eigenvalue weighted by Gasteiger charge is -1.92. The Kier molecular flexibility index (Phi) is 11.6. The van der Waals surface area contributed by atoms with Crippen molar-refractivity contribution >= 4 is 11.6 Å². The van der Waals surface area contributed by atoms with Gasteiger partial charge in [0.1, 0.15) is 0 Å². The second kappa shape index (κ2) is 11.8. The molecule has 0 fully saturated rings. The molecular formula is C12H21Cl. The van der Waals surface area contributed by atoms with E-state index in [4.69, 9.17) is 11.6 Å². The van der Waals surface area contributed by atoms with Crippen molar-refractivity contribution in [1.82, 2.24) is 0 Å². The third-order valence-electron chi connectivity index (χ3n) is 1.88. The fourth-order valence-electron chi connectivity index (χ4n) is 1.10. The number of halogens is 1. The van der Waals surface area contributed by atoms with Crippen molar-refractivity contribution in [3.05, 3.63) is 24.3 Å². The zero-order chi connectivity index (χ0) is 9.78. The van der Waals surface area contributed by atoms with Gasteiger partial charge in [-0.2, -0.15) is 0 Å². The smallest absolute Gasteiger partial charge is 0.0258 e. The van der Waals surface area contributed by atoms with E-state index in [2.05, 4.69) is 31.2 Å². The zero-order valence-electron chi connectivity index (χ0n) is 8.64. The van der Waals surface area contributed by atoms with Crippen molar-refractivity contribution in [2.24, 2.45) is 0 Å². The molecule has 0 aliphatic carbocycles. The summed E-state index contributed by atoms with van der Waals surface area (Å²) in [5, 5.41) is 0. The van der Waals surface area contributed by atoms with E-state index in [1.165, 1.54) is 32.1 Å². The van der Waals surface area contributed by atoms with Gasteiger partial charge in [-0.25, -0.2) is 0 Å². The van der Waals surface area contributed by atoms with Crippen LogP contribution in [-0.2, 0) is 0 Å². The molecule has 0 N–H and O–H groups in total. The quantitative estimate of drug-likeness (QED) is 0.303. The first-order chi connectivity index (χ1) is 6.41. The van der Waals surface area contributed by atoms with Gasteiger partial charge in [0.15, 0.2) is 0 Å². The Bertz CT molecular complexity index is 136. The van der Waals surface area contributed by atoms with E-state index < -0.39 is 0 Å². The average molecular weight is 201 g/mol. The van der Waals surface area contributed by atoms with Gasteiger partial charge in [-0.05, 0) is 19.3 Å². The lowest BCUT2D eigenvalue weighted by molar-refractivity contribution is 0.674. The van der Waals surface area contributed by atoms with Crippen molar-refractivity contribution in [3.8, 4) is 0 Å². The summed E-state index contributed by atoms with van der Waals surface area (Å²) in [6, 6.07) is 0. The molecule has 0 aromatic heterocycles. The maximum absolute atomic E-state index is 5.52. The monoisotopic (exact) mass is 200 g/mol. The highest BCUT2D eigenvalue weighted by molar-refractivity contribution is 6.17. The predicted octanol–water partition coefficient (Wildman–Crippen LogP) is 4.70. The normalized spacial score (nSPS) is 11.8. The van der Waals surface area contributed by atoms with Crippen LogP contribution < -0.4 is 0 Å². The molecule has 1 heteroatoms. The van der Waals surface area contributed by atoms with E-state index in [-0.39, 0.29) is 0 Å². The highest BCUT2D eigenvalue weighted by Gasteiger charge is 1.82. The molecule has 0 nitrogen and oxygen atoms in total. The number of hydrogen-bond acceptors (Lipinski definition) is 0. The Balaban J connectivity index is 3.12. The van der Waals surface area contributed by atoms with Gasteiger partial charge in [0.05, 0.1) is 0 Å². The molecule has 0 unspecified atom stereocenters. The highest BCUT2D eigenvalue weighted by atomic mass is 35.5. The fourth-order valence-corrected chi connectivity index (χ4v) is 1.23. The minimum absolute atomic E-state index is 0.723. The maximum Gasteiger partial charge on any atom is 0.0258 e. The van der Waals surface area contributed by atoms with Crippen molar-refractivity contribution in [1.29, 1.82) is 0 Å². The molecule has 0 atom stereocenters. The molecule has 0 saturated carbocycles. The number of hydrogen-bond donors (Lipinski definition) is 0. The molecule has 0 bridgehead atoms. The third kappa shape index (κ3) is 11.8. The van der Waals surface area contributed by atoms with Gasteiger partial charge in [-0.3, -0.25) is 0 Å². The Hall–Kier alpha value is -0.230.